The number of sulfone groups is 1. The van der Waals surface area contributed by atoms with Crippen LogP contribution < -0.4 is 0 Å². The van der Waals surface area contributed by atoms with Gasteiger partial charge in [-0.05, 0) is 36.7 Å². The van der Waals surface area contributed by atoms with Crippen molar-refractivity contribution in [2.24, 2.45) is 0 Å². The van der Waals surface area contributed by atoms with Crippen molar-refractivity contribution in [3.05, 3.63) is 10.8 Å². The Bertz CT molecular complexity index is 423. The van der Waals surface area contributed by atoms with Gasteiger partial charge in [0.15, 0.2) is 0 Å². The number of aromatic nitrogens is 2. The summed E-state index contributed by atoms with van der Waals surface area (Å²) in [7, 11) is -3.28. The molecular formula is C8H13BrN2O2S. The number of hydrogen-bond acceptors (Lipinski definition) is 3. The molecule has 0 bridgehead atoms. The molecule has 0 spiro atoms. The minimum absolute atomic E-state index is 0.141. The number of nitrogens with zero attached hydrogens (tertiary/aromatic N) is 2. The Hall–Kier alpha value is -0.360. The van der Waals surface area contributed by atoms with Gasteiger partial charge in [0.05, 0.1) is 5.25 Å². The van der Waals surface area contributed by atoms with Gasteiger partial charge in [0.2, 0.25) is 15.0 Å². The third kappa shape index (κ3) is 2.00. The van der Waals surface area contributed by atoms with Gasteiger partial charge in [-0.15, -0.1) is 0 Å². The fourth-order valence-corrected chi connectivity index (χ4v) is 2.72. The molecule has 1 rings (SSSR count). The van der Waals surface area contributed by atoms with Crippen LogP contribution in [0.15, 0.2) is 16.0 Å². The van der Waals surface area contributed by atoms with E-state index in [0.29, 0.717) is 11.1 Å². The quantitative estimate of drug-likeness (QED) is 0.849. The van der Waals surface area contributed by atoms with E-state index in [4.69, 9.17) is 0 Å². The Morgan fingerprint density at radius 1 is 1.57 bits per heavy atom. The average Bonchev–Trinajstić information content (AvgIpc) is 2.46. The van der Waals surface area contributed by atoms with E-state index in [1.165, 1.54) is 0 Å². The highest BCUT2D eigenvalue weighted by Crippen LogP contribution is 2.18. The maximum atomic E-state index is 11.8. The number of aryl methyl sites for hydroxylation is 1. The molecule has 0 aliphatic carbocycles. The maximum absolute atomic E-state index is 11.8. The summed E-state index contributed by atoms with van der Waals surface area (Å²) in [6.07, 6.45) is 1.68. The molecule has 1 aromatic heterocycles. The molecule has 0 N–H and O–H groups in total. The highest BCUT2D eigenvalue weighted by atomic mass is 79.9. The molecule has 80 valence electrons. The molecule has 0 radical (unpaired) electrons. The lowest BCUT2D eigenvalue weighted by molar-refractivity contribution is 0.560. The Morgan fingerprint density at radius 2 is 2.14 bits per heavy atom. The Morgan fingerprint density at radius 3 is 2.57 bits per heavy atom. The second-order valence-electron chi connectivity index (χ2n) is 3.23. The van der Waals surface area contributed by atoms with Crippen molar-refractivity contribution in [2.45, 2.75) is 37.7 Å². The summed E-state index contributed by atoms with van der Waals surface area (Å²) in [6.45, 7) is 5.78. The molecule has 0 aromatic carbocycles. The summed E-state index contributed by atoms with van der Waals surface area (Å²) in [6, 6.07) is 0. The molecule has 0 unspecified atom stereocenters. The van der Waals surface area contributed by atoms with Crippen LogP contribution in [0.2, 0.25) is 0 Å². The number of halogens is 1. The third-order valence-electron chi connectivity index (χ3n) is 1.93. The lowest BCUT2D eigenvalue weighted by atomic mass is 10.6. The van der Waals surface area contributed by atoms with Crippen molar-refractivity contribution in [3.8, 4) is 0 Å². The molecular weight excluding hydrogens is 268 g/mol. The van der Waals surface area contributed by atoms with Crippen LogP contribution in [0.5, 0.6) is 0 Å². The van der Waals surface area contributed by atoms with Crippen LogP contribution in [0.3, 0.4) is 0 Å². The molecule has 6 heteroatoms. The predicted molar refractivity (Wildman–Crippen MR) is 57.9 cm³/mol. The Labute approximate surface area is 92.4 Å². The van der Waals surface area contributed by atoms with Gasteiger partial charge in [-0.2, -0.15) is 0 Å². The van der Waals surface area contributed by atoms with Crippen molar-refractivity contribution in [3.63, 3.8) is 0 Å². The van der Waals surface area contributed by atoms with E-state index < -0.39 is 15.1 Å². The normalized spacial score (nSPS) is 12.4. The minimum Gasteiger partial charge on any atom is -0.321 e. The van der Waals surface area contributed by atoms with Gasteiger partial charge in [-0.1, -0.05) is 0 Å². The zero-order chi connectivity index (χ0) is 10.9. The number of rotatable bonds is 3. The second kappa shape index (κ2) is 4.02. The zero-order valence-corrected chi connectivity index (χ0v) is 10.8. The van der Waals surface area contributed by atoms with Crippen molar-refractivity contribution >= 4 is 25.8 Å². The van der Waals surface area contributed by atoms with Crippen LogP contribution in [-0.4, -0.2) is 23.2 Å². The first-order valence-electron chi connectivity index (χ1n) is 4.36. The van der Waals surface area contributed by atoms with Crippen LogP contribution in [0.25, 0.3) is 0 Å². The average molecular weight is 281 g/mol. The molecule has 0 aliphatic heterocycles. The molecule has 0 fully saturated rings. The fraction of sp³-hybridized carbons (Fsp3) is 0.625. The zero-order valence-electron chi connectivity index (χ0n) is 8.36. The molecule has 1 heterocycles. The van der Waals surface area contributed by atoms with Crippen LogP contribution in [0.1, 0.15) is 20.8 Å². The topological polar surface area (TPSA) is 52.0 Å². The lowest BCUT2D eigenvalue weighted by Crippen LogP contribution is -2.18. The van der Waals surface area contributed by atoms with E-state index >= 15 is 0 Å². The monoisotopic (exact) mass is 280 g/mol. The van der Waals surface area contributed by atoms with E-state index in [1.807, 2.05) is 6.92 Å². The summed E-state index contributed by atoms with van der Waals surface area (Å²) >= 11 is 3.17. The van der Waals surface area contributed by atoms with E-state index in [0.717, 1.165) is 0 Å². The lowest BCUT2D eigenvalue weighted by Gasteiger charge is -2.08. The maximum Gasteiger partial charge on any atom is 0.229 e. The van der Waals surface area contributed by atoms with Crippen LogP contribution >= 0.6 is 15.9 Å². The Balaban J connectivity index is 3.32. The van der Waals surface area contributed by atoms with Crippen LogP contribution in [0.4, 0.5) is 0 Å². The first-order valence-corrected chi connectivity index (χ1v) is 6.70. The minimum atomic E-state index is -3.28. The van der Waals surface area contributed by atoms with Gasteiger partial charge in [0.1, 0.15) is 4.60 Å². The van der Waals surface area contributed by atoms with E-state index in [-0.39, 0.29) is 5.16 Å². The third-order valence-corrected chi connectivity index (χ3v) is 4.38. The first kappa shape index (κ1) is 11.7. The molecule has 0 aliphatic rings. The molecule has 4 nitrogen and oxygen atoms in total. The number of imidazole rings is 1. The molecule has 1 aromatic rings. The van der Waals surface area contributed by atoms with Gasteiger partial charge >= 0.3 is 0 Å². The van der Waals surface area contributed by atoms with Gasteiger partial charge in [-0.25, -0.2) is 13.4 Å². The van der Waals surface area contributed by atoms with Gasteiger partial charge in [0.25, 0.3) is 0 Å². The number of hydrogen-bond donors (Lipinski definition) is 0. The first-order chi connectivity index (χ1) is 6.39. The van der Waals surface area contributed by atoms with E-state index in [2.05, 4.69) is 20.9 Å². The highest BCUT2D eigenvalue weighted by molar-refractivity contribution is 9.10. The highest BCUT2D eigenvalue weighted by Gasteiger charge is 2.25. The smallest absolute Gasteiger partial charge is 0.229 e. The van der Waals surface area contributed by atoms with Crippen molar-refractivity contribution in [1.29, 1.82) is 0 Å². The molecule has 0 saturated heterocycles. The molecule has 0 amide bonds. The van der Waals surface area contributed by atoms with Gasteiger partial charge in [-0.3, -0.25) is 0 Å². The summed E-state index contributed by atoms with van der Waals surface area (Å²) < 4.78 is 25.8. The molecule has 14 heavy (non-hydrogen) atoms. The standard InChI is InChI=1S/C8H13BrN2O2S/c1-4-11-5-7(9)10-8(11)14(12,13)6(2)3/h5-6H,4H2,1-3H3. The summed E-state index contributed by atoms with van der Waals surface area (Å²) in [5.41, 5.74) is 0. The SMILES string of the molecule is CCn1cc(Br)nc1S(=O)(=O)C(C)C. The Kier molecular flexibility index (Phi) is 3.36. The molecule has 0 saturated carbocycles. The second-order valence-corrected chi connectivity index (χ2v) is 6.44. The summed E-state index contributed by atoms with van der Waals surface area (Å²) in [5.74, 6) is 0. The van der Waals surface area contributed by atoms with Crippen LogP contribution in [0, 0.1) is 0 Å². The van der Waals surface area contributed by atoms with Crippen LogP contribution in [-0.2, 0) is 16.4 Å². The van der Waals surface area contributed by atoms with Gasteiger partial charge in [0, 0.05) is 12.7 Å². The van der Waals surface area contributed by atoms with E-state index in [9.17, 15) is 8.42 Å². The summed E-state index contributed by atoms with van der Waals surface area (Å²) in [5, 5.41) is -0.302. The summed E-state index contributed by atoms with van der Waals surface area (Å²) in [4.78, 5) is 3.97. The predicted octanol–water partition coefficient (Wildman–Crippen LogP) is 1.85. The van der Waals surface area contributed by atoms with E-state index in [1.54, 1.807) is 24.6 Å². The van der Waals surface area contributed by atoms with Crippen molar-refractivity contribution < 1.29 is 8.42 Å². The molecule has 0 atom stereocenters. The fourth-order valence-electron chi connectivity index (χ4n) is 1.03. The van der Waals surface area contributed by atoms with Gasteiger partial charge < -0.3 is 4.57 Å². The van der Waals surface area contributed by atoms with Crippen molar-refractivity contribution in [1.82, 2.24) is 9.55 Å². The van der Waals surface area contributed by atoms with Crippen molar-refractivity contribution in [2.75, 3.05) is 0 Å². The largest absolute Gasteiger partial charge is 0.321 e.